The van der Waals surface area contributed by atoms with Gasteiger partial charge in [-0.05, 0) is 37.1 Å². The van der Waals surface area contributed by atoms with E-state index in [-0.39, 0.29) is 12.0 Å². The summed E-state index contributed by atoms with van der Waals surface area (Å²) < 4.78 is 5.97. The molecule has 0 radical (unpaired) electrons. The molecule has 1 amide bonds. The van der Waals surface area contributed by atoms with Crippen LogP contribution >= 0.6 is 0 Å². The van der Waals surface area contributed by atoms with Gasteiger partial charge in [-0.2, -0.15) is 0 Å². The minimum Gasteiger partial charge on any atom is -0.471 e. The molecular weight excluding hydrogens is 342 g/mol. The molecule has 144 valence electrons. The zero-order valence-corrected chi connectivity index (χ0v) is 16.4. The Morgan fingerprint density at radius 3 is 2.59 bits per heavy atom. The van der Waals surface area contributed by atoms with Crippen molar-refractivity contribution < 1.29 is 9.53 Å². The van der Waals surface area contributed by atoms with Gasteiger partial charge in [-0.1, -0.05) is 6.07 Å². The van der Waals surface area contributed by atoms with Crippen LogP contribution in [0.3, 0.4) is 0 Å². The molecule has 0 N–H and O–H groups in total. The van der Waals surface area contributed by atoms with E-state index in [9.17, 15) is 4.79 Å². The highest BCUT2D eigenvalue weighted by Gasteiger charge is 2.26. The van der Waals surface area contributed by atoms with E-state index in [4.69, 9.17) is 4.74 Å². The summed E-state index contributed by atoms with van der Waals surface area (Å²) in [6.07, 6.45) is 1.74. The zero-order chi connectivity index (χ0) is 19.4. The first kappa shape index (κ1) is 18.9. The number of hydrogen-bond donors (Lipinski definition) is 0. The van der Waals surface area contributed by atoms with E-state index in [1.54, 1.807) is 0 Å². The van der Waals surface area contributed by atoms with Crippen LogP contribution in [0.2, 0.25) is 0 Å². The predicted octanol–water partition coefficient (Wildman–Crippen LogP) is 2.29. The van der Waals surface area contributed by atoms with Crippen molar-refractivity contribution in [2.45, 2.75) is 18.9 Å². The number of piperidine rings is 1. The standard InChI is InChI=1S/C20H27N5O2/c1-23(2)16-8-5-7-15(13-16)20(26)25-12-6-9-17(14-25)27-19-11-10-18(21-22-19)24(3)4/h5,7-8,10-11,13,17H,6,9,12,14H2,1-4H3. The van der Waals surface area contributed by atoms with E-state index in [2.05, 4.69) is 10.2 Å². The first-order valence-electron chi connectivity index (χ1n) is 9.18. The van der Waals surface area contributed by atoms with Crippen LogP contribution in [0.5, 0.6) is 5.88 Å². The highest BCUT2D eigenvalue weighted by molar-refractivity contribution is 5.95. The van der Waals surface area contributed by atoms with Gasteiger partial charge in [-0.15, -0.1) is 10.2 Å². The molecule has 7 heteroatoms. The van der Waals surface area contributed by atoms with Crippen molar-refractivity contribution in [1.29, 1.82) is 0 Å². The number of rotatable bonds is 5. The van der Waals surface area contributed by atoms with Gasteiger partial charge in [-0.25, -0.2) is 0 Å². The van der Waals surface area contributed by atoms with Gasteiger partial charge in [0.15, 0.2) is 5.82 Å². The maximum Gasteiger partial charge on any atom is 0.254 e. The van der Waals surface area contributed by atoms with Gasteiger partial charge in [0.05, 0.1) is 6.54 Å². The Labute approximate surface area is 160 Å². The highest BCUT2D eigenvalue weighted by atomic mass is 16.5. The second-order valence-corrected chi connectivity index (χ2v) is 7.20. The second-order valence-electron chi connectivity index (χ2n) is 7.20. The summed E-state index contributed by atoms with van der Waals surface area (Å²) in [4.78, 5) is 18.7. The average molecular weight is 369 g/mol. The number of amides is 1. The normalized spacial score (nSPS) is 16.7. The molecular formula is C20H27N5O2. The Morgan fingerprint density at radius 2 is 1.93 bits per heavy atom. The number of nitrogens with zero attached hydrogens (tertiary/aromatic N) is 5. The number of ether oxygens (including phenoxy) is 1. The fourth-order valence-electron chi connectivity index (χ4n) is 3.10. The molecule has 1 unspecified atom stereocenters. The van der Waals surface area contributed by atoms with Crippen molar-refractivity contribution in [3.8, 4) is 5.88 Å². The molecule has 1 saturated heterocycles. The van der Waals surface area contributed by atoms with Crippen LogP contribution in [0.1, 0.15) is 23.2 Å². The number of anilines is 2. The fraction of sp³-hybridized carbons (Fsp3) is 0.450. The van der Waals surface area contributed by atoms with E-state index < -0.39 is 0 Å². The number of hydrogen-bond acceptors (Lipinski definition) is 6. The summed E-state index contributed by atoms with van der Waals surface area (Å²) in [5, 5.41) is 8.27. The highest BCUT2D eigenvalue weighted by Crippen LogP contribution is 2.21. The summed E-state index contributed by atoms with van der Waals surface area (Å²) in [5.41, 5.74) is 1.72. The monoisotopic (exact) mass is 369 g/mol. The van der Waals surface area contributed by atoms with Crippen molar-refractivity contribution in [3.05, 3.63) is 42.0 Å². The molecule has 0 bridgehead atoms. The van der Waals surface area contributed by atoms with Gasteiger partial charge in [0.1, 0.15) is 6.10 Å². The van der Waals surface area contributed by atoms with Crippen LogP contribution < -0.4 is 14.5 Å². The topological polar surface area (TPSA) is 61.8 Å². The largest absolute Gasteiger partial charge is 0.471 e. The van der Waals surface area contributed by atoms with Crippen molar-refractivity contribution in [3.63, 3.8) is 0 Å². The minimum atomic E-state index is -0.0702. The summed E-state index contributed by atoms with van der Waals surface area (Å²) in [7, 11) is 7.77. The van der Waals surface area contributed by atoms with E-state index in [0.29, 0.717) is 18.0 Å². The molecule has 1 aromatic heterocycles. The predicted molar refractivity (Wildman–Crippen MR) is 107 cm³/mol. The van der Waals surface area contributed by atoms with Gasteiger partial charge in [0.25, 0.3) is 5.91 Å². The third-order valence-corrected chi connectivity index (χ3v) is 4.65. The molecule has 2 heterocycles. The van der Waals surface area contributed by atoms with Gasteiger partial charge < -0.3 is 19.4 Å². The van der Waals surface area contributed by atoms with Gasteiger partial charge in [-0.3, -0.25) is 4.79 Å². The lowest BCUT2D eigenvalue weighted by Crippen LogP contribution is -2.44. The van der Waals surface area contributed by atoms with Crippen molar-refractivity contribution >= 4 is 17.4 Å². The number of carbonyl (C=O) groups is 1. The molecule has 1 aliphatic heterocycles. The number of likely N-dealkylation sites (tertiary alicyclic amines) is 1. The smallest absolute Gasteiger partial charge is 0.254 e. The van der Waals surface area contributed by atoms with Crippen LogP contribution in [-0.2, 0) is 0 Å². The molecule has 1 aliphatic rings. The first-order chi connectivity index (χ1) is 12.9. The van der Waals surface area contributed by atoms with Crippen LogP contribution in [0.25, 0.3) is 0 Å². The third-order valence-electron chi connectivity index (χ3n) is 4.65. The molecule has 3 rings (SSSR count). The van der Waals surface area contributed by atoms with E-state index in [1.165, 1.54) is 0 Å². The molecule has 1 aromatic carbocycles. The molecule has 0 spiro atoms. The molecule has 7 nitrogen and oxygen atoms in total. The Kier molecular flexibility index (Phi) is 5.78. The lowest BCUT2D eigenvalue weighted by Gasteiger charge is -2.32. The lowest BCUT2D eigenvalue weighted by molar-refractivity contribution is 0.0525. The summed E-state index contributed by atoms with van der Waals surface area (Å²) >= 11 is 0. The second kappa shape index (κ2) is 8.24. The third kappa shape index (κ3) is 4.67. The fourth-order valence-corrected chi connectivity index (χ4v) is 3.10. The number of benzene rings is 1. The van der Waals surface area contributed by atoms with E-state index in [0.717, 1.165) is 30.9 Å². The maximum atomic E-state index is 12.9. The maximum absolute atomic E-state index is 12.9. The van der Waals surface area contributed by atoms with Crippen molar-refractivity contribution in [1.82, 2.24) is 15.1 Å². The summed E-state index contributed by atoms with van der Waals surface area (Å²) in [5.74, 6) is 1.32. The van der Waals surface area contributed by atoms with Crippen LogP contribution in [-0.4, -0.2) is 68.4 Å². The quantitative estimate of drug-likeness (QED) is 0.806. The van der Waals surface area contributed by atoms with Gasteiger partial charge in [0.2, 0.25) is 5.88 Å². The van der Waals surface area contributed by atoms with Gasteiger partial charge >= 0.3 is 0 Å². The van der Waals surface area contributed by atoms with E-state index >= 15 is 0 Å². The summed E-state index contributed by atoms with van der Waals surface area (Å²) in [6.45, 7) is 1.30. The van der Waals surface area contributed by atoms with Crippen LogP contribution in [0.15, 0.2) is 36.4 Å². The Hall–Kier alpha value is -2.83. The van der Waals surface area contributed by atoms with Crippen LogP contribution in [0.4, 0.5) is 11.5 Å². The Balaban J connectivity index is 1.65. The van der Waals surface area contributed by atoms with Crippen LogP contribution in [0, 0.1) is 0 Å². The minimum absolute atomic E-state index is 0.0426. The number of aromatic nitrogens is 2. The van der Waals surface area contributed by atoms with Gasteiger partial charge in [0, 0.05) is 52.1 Å². The molecule has 0 aliphatic carbocycles. The Bertz CT molecular complexity index is 776. The average Bonchev–Trinajstić information content (AvgIpc) is 2.68. The molecule has 27 heavy (non-hydrogen) atoms. The SMILES string of the molecule is CN(C)c1cccc(C(=O)N2CCCC(Oc3ccc(N(C)C)nn3)C2)c1. The molecule has 2 aromatic rings. The summed E-state index contributed by atoms with van der Waals surface area (Å²) in [6, 6.07) is 11.4. The molecule has 0 saturated carbocycles. The molecule has 1 atom stereocenters. The Morgan fingerprint density at radius 1 is 1.11 bits per heavy atom. The number of carbonyl (C=O) groups excluding carboxylic acids is 1. The van der Waals surface area contributed by atoms with Crippen molar-refractivity contribution in [2.75, 3.05) is 51.1 Å². The lowest BCUT2D eigenvalue weighted by atomic mass is 10.1. The van der Waals surface area contributed by atoms with E-state index in [1.807, 2.05) is 79.3 Å². The zero-order valence-electron chi connectivity index (χ0n) is 16.4. The first-order valence-corrected chi connectivity index (χ1v) is 9.18. The molecule has 1 fully saturated rings. The van der Waals surface area contributed by atoms with Crippen molar-refractivity contribution in [2.24, 2.45) is 0 Å².